The predicted octanol–water partition coefficient (Wildman–Crippen LogP) is 11.1. The first-order chi connectivity index (χ1) is 15.7. The van der Waals surface area contributed by atoms with Gasteiger partial charge in [-0.2, -0.15) is 0 Å². The van der Waals surface area contributed by atoms with Crippen molar-refractivity contribution in [2.75, 3.05) is 0 Å². The Hall–Kier alpha value is -0.850. The lowest BCUT2D eigenvalue weighted by molar-refractivity contribution is -0.110. The minimum Gasteiger partial charge on any atom is -0.290 e. The van der Waals surface area contributed by atoms with Gasteiger partial charge in [0.2, 0.25) is 0 Å². The molecule has 1 nitrogen and oxygen atoms in total. The van der Waals surface area contributed by atoms with E-state index >= 15 is 0 Å². The molecule has 0 atom stereocenters. The number of carbonyl (C=O) groups is 1. The van der Waals surface area contributed by atoms with E-state index in [-0.39, 0.29) is 5.78 Å². The molecule has 188 valence electrons. The first kappa shape index (κ1) is 31.1. The van der Waals surface area contributed by atoms with Crippen LogP contribution in [0.4, 0.5) is 0 Å². The Bertz CT molecular complexity index is 429. The molecule has 0 rings (SSSR count). The van der Waals surface area contributed by atoms with E-state index in [1.165, 1.54) is 114 Å². The monoisotopic (exact) mass is 446 g/mol. The van der Waals surface area contributed by atoms with Crippen LogP contribution in [0.2, 0.25) is 0 Å². The van der Waals surface area contributed by atoms with Crippen LogP contribution < -0.4 is 0 Å². The first-order valence-electron chi connectivity index (χ1n) is 14.6. The SMILES string of the molecule is CCCCCCCCCCC(=CC(=O)C=C(CCC)CCCCCCCCCC)CCC. The summed E-state index contributed by atoms with van der Waals surface area (Å²) in [4.78, 5) is 12.7. The highest BCUT2D eigenvalue weighted by atomic mass is 16.1. The Balaban J connectivity index is 4.34. The van der Waals surface area contributed by atoms with Crippen molar-refractivity contribution in [3.63, 3.8) is 0 Å². The van der Waals surface area contributed by atoms with E-state index in [0.717, 1.165) is 38.5 Å². The van der Waals surface area contributed by atoms with Gasteiger partial charge < -0.3 is 0 Å². The highest BCUT2D eigenvalue weighted by Gasteiger charge is 2.04. The van der Waals surface area contributed by atoms with Crippen LogP contribution in [0, 0.1) is 0 Å². The lowest BCUT2D eigenvalue weighted by atomic mass is 9.98. The molecule has 0 aromatic rings. The molecule has 0 amide bonds. The predicted molar refractivity (Wildman–Crippen MR) is 145 cm³/mol. The number of hydrogen-bond acceptors (Lipinski definition) is 1. The summed E-state index contributed by atoms with van der Waals surface area (Å²) in [5.41, 5.74) is 2.75. The molecule has 0 aliphatic rings. The summed E-state index contributed by atoms with van der Waals surface area (Å²) in [6.07, 6.45) is 32.3. The molecular formula is C31H58O. The molecule has 0 unspecified atom stereocenters. The molecule has 0 radical (unpaired) electrons. The van der Waals surface area contributed by atoms with Crippen LogP contribution in [0.1, 0.15) is 169 Å². The summed E-state index contributed by atoms with van der Waals surface area (Å²) >= 11 is 0. The van der Waals surface area contributed by atoms with Crippen molar-refractivity contribution >= 4 is 5.78 Å². The lowest BCUT2D eigenvalue weighted by Crippen LogP contribution is -1.96. The zero-order valence-corrected chi connectivity index (χ0v) is 22.6. The summed E-state index contributed by atoms with van der Waals surface area (Å²) in [5.74, 6) is 0.246. The Kier molecular flexibility index (Phi) is 24.1. The van der Waals surface area contributed by atoms with Crippen molar-refractivity contribution in [2.45, 2.75) is 169 Å². The fourth-order valence-electron chi connectivity index (χ4n) is 4.60. The van der Waals surface area contributed by atoms with Gasteiger partial charge in [0.25, 0.3) is 0 Å². The topological polar surface area (TPSA) is 17.1 Å². The third-order valence-electron chi connectivity index (χ3n) is 6.54. The maximum Gasteiger partial charge on any atom is 0.178 e. The van der Waals surface area contributed by atoms with E-state index in [4.69, 9.17) is 0 Å². The van der Waals surface area contributed by atoms with Gasteiger partial charge in [-0.25, -0.2) is 0 Å². The van der Waals surface area contributed by atoms with Gasteiger partial charge in [-0.15, -0.1) is 0 Å². The molecule has 0 aliphatic heterocycles. The molecule has 0 aromatic carbocycles. The zero-order chi connectivity index (χ0) is 23.7. The minimum atomic E-state index is 0.246. The van der Waals surface area contributed by atoms with Crippen LogP contribution >= 0.6 is 0 Å². The molecule has 0 aliphatic carbocycles. The van der Waals surface area contributed by atoms with Crippen LogP contribution in [0.5, 0.6) is 0 Å². The fourth-order valence-corrected chi connectivity index (χ4v) is 4.60. The van der Waals surface area contributed by atoms with Crippen LogP contribution in [0.25, 0.3) is 0 Å². The molecule has 1 heteroatoms. The van der Waals surface area contributed by atoms with E-state index in [9.17, 15) is 4.79 Å². The van der Waals surface area contributed by atoms with Crippen molar-refractivity contribution in [1.82, 2.24) is 0 Å². The maximum absolute atomic E-state index is 12.7. The van der Waals surface area contributed by atoms with Crippen LogP contribution in [0.3, 0.4) is 0 Å². The van der Waals surface area contributed by atoms with Gasteiger partial charge in [0.05, 0.1) is 0 Å². The Morgan fingerprint density at radius 3 is 1.03 bits per heavy atom. The Morgan fingerprint density at radius 1 is 0.406 bits per heavy atom. The number of hydrogen-bond donors (Lipinski definition) is 0. The van der Waals surface area contributed by atoms with Gasteiger partial charge in [0.1, 0.15) is 0 Å². The molecule has 0 bridgehead atoms. The Morgan fingerprint density at radius 2 is 0.719 bits per heavy atom. The summed E-state index contributed by atoms with van der Waals surface area (Å²) in [5, 5.41) is 0. The summed E-state index contributed by atoms with van der Waals surface area (Å²) in [6, 6.07) is 0. The second kappa shape index (κ2) is 24.8. The molecule has 0 aromatic heterocycles. The molecule has 32 heavy (non-hydrogen) atoms. The van der Waals surface area contributed by atoms with Crippen LogP contribution in [-0.2, 0) is 4.79 Å². The average molecular weight is 447 g/mol. The number of ketones is 1. The third-order valence-corrected chi connectivity index (χ3v) is 6.54. The van der Waals surface area contributed by atoms with E-state index in [0.29, 0.717) is 0 Å². The van der Waals surface area contributed by atoms with Crippen molar-refractivity contribution in [3.8, 4) is 0 Å². The quantitative estimate of drug-likeness (QED) is 0.106. The zero-order valence-electron chi connectivity index (χ0n) is 22.6. The molecule has 0 N–H and O–H groups in total. The van der Waals surface area contributed by atoms with Crippen molar-refractivity contribution in [2.24, 2.45) is 0 Å². The van der Waals surface area contributed by atoms with E-state index in [1.54, 1.807) is 0 Å². The smallest absolute Gasteiger partial charge is 0.178 e. The number of allylic oxidation sites excluding steroid dienone is 4. The molecule has 0 saturated heterocycles. The molecule has 0 saturated carbocycles. The molecule has 0 spiro atoms. The second-order valence-corrected chi connectivity index (χ2v) is 9.96. The van der Waals surface area contributed by atoms with Gasteiger partial charge in [0, 0.05) is 0 Å². The normalized spacial score (nSPS) is 12.5. The standard InChI is InChI=1S/C31H58O/c1-5-9-11-13-15-17-19-21-25-29(23-7-3)27-31(32)28-30(24-8-4)26-22-20-18-16-14-12-10-6-2/h27-28H,5-26H2,1-4H3. The van der Waals surface area contributed by atoms with E-state index < -0.39 is 0 Å². The number of rotatable bonds is 24. The van der Waals surface area contributed by atoms with Crippen LogP contribution in [0.15, 0.2) is 23.3 Å². The van der Waals surface area contributed by atoms with E-state index in [1.807, 2.05) is 12.2 Å². The number of carbonyl (C=O) groups excluding carboxylic acids is 1. The second-order valence-electron chi connectivity index (χ2n) is 9.96. The van der Waals surface area contributed by atoms with Gasteiger partial charge in [-0.1, -0.05) is 142 Å². The number of unbranched alkanes of at least 4 members (excludes halogenated alkanes) is 14. The highest BCUT2D eigenvalue weighted by molar-refractivity contribution is 6.00. The summed E-state index contributed by atoms with van der Waals surface area (Å²) in [7, 11) is 0. The van der Waals surface area contributed by atoms with Crippen LogP contribution in [-0.4, -0.2) is 5.78 Å². The van der Waals surface area contributed by atoms with Gasteiger partial charge in [-0.3, -0.25) is 4.79 Å². The van der Waals surface area contributed by atoms with Gasteiger partial charge >= 0.3 is 0 Å². The van der Waals surface area contributed by atoms with Crippen molar-refractivity contribution in [1.29, 1.82) is 0 Å². The van der Waals surface area contributed by atoms with Gasteiger partial charge in [0.15, 0.2) is 5.78 Å². The largest absolute Gasteiger partial charge is 0.290 e. The lowest BCUT2D eigenvalue weighted by Gasteiger charge is -2.08. The van der Waals surface area contributed by atoms with Crippen molar-refractivity contribution in [3.05, 3.63) is 23.3 Å². The fraction of sp³-hybridized carbons (Fsp3) is 0.839. The maximum atomic E-state index is 12.7. The van der Waals surface area contributed by atoms with E-state index in [2.05, 4.69) is 27.7 Å². The minimum absolute atomic E-state index is 0.246. The summed E-state index contributed by atoms with van der Waals surface area (Å²) < 4.78 is 0. The average Bonchev–Trinajstić information content (AvgIpc) is 2.77. The van der Waals surface area contributed by atoms with Crippen molar-refractivity contribution < 1.29 is 4.79 Å². The third kappa shape index (κ3) is 21.0. The van der Waals surface area contributed by atoms with Gasteiger partial charge in [-0.05, 0) is 50.7 Å². The summed E-state index contributed by atoms with van der Waals surface area (Å²) in [6.45, 7) is 9.01. The molecule has 0 fully saturated rings. The first-order valence-corrected chi connectivity index (χ1v) is 14.6. The Labute approximate surface area is 202 Å². The highest BCUT2D eigenvalue weighted by Crippen LogP contribution is 2.19. The molecular weight excluding hydrogens is 388 g/mol. The molecule has 0 heterocycles.